The van der Waals surface area contributed by atoms with E-state index in [1.54, 1.807) is 11.3 Å². The lowest BCUT2D eigenvalue weighted by molar-refractivity contribution is -0.385. The number of amides is 1. The number of anilines is 1. The minimum Gasteiger partial charge on any atom is -0.508 e. The smallest absolute Gasteiger partial charge is 0.276 e. The highest BCUT2D eigenvalue weighted by Crippen LogP contribution is 2.47. The lowest BCUT2D eigenvalue weighted by atomic mass is 9.69. The summed E-state index contributed by atoms with van der Waals surface area (Å²) in [7, 11) is 0. The number of carbonyl (C=O) groups is 1. The number of hydrogen-bond acceptors (Lipinski definition) is 6. The van der Waals surface area contributed by atoms with Crippen LogP contribution in [0.4, 0.5) is 10.7 Å². The van der Waals surface area contributed by atoms with E-state index in [4.69, 9.17) is 0 Å². The van der Waals surface area contributed by atoms with Crippen LogP contribution in [-0.2, 0) is 12.8 Å². The van der Waals surface area contributed by atoms with Crippen LogP contribution in [0, 0.1) is 21.4 Å². The van der Waals surface area contributed by atoms with Gasteiger partial charge >= 0.3 is 0 Å². The Balaban J connectivity index is 1.68. The number of carbonyl (C=O) groups excluding carboxylic acids is 1. The number of phenolic OH excluding ortho intramolecular Hbond substituents is 1. The van der Waals surface area contributed by atoms with Crippen molar-refractivity contribution in [1.82, 2.24) is 5.32 Å². The number of thiophene rings is 1. The molecule has 0 saturated heterocycles. The maximum Gasteiger partial charge on any atom is 0.276 e. The Kier molecular flexibility index (Phi) is 4.77. The molecule has 8 heteroatoms. The first-order valence-corrected chi connectivity index (χ1v) is 10.7. The molecule has 0 fully saturated rings. The van der Waals surface area contributed by atoms with E-state index < -0.39 is 11.1 Å². The van der Waals surface area contributed by atoms with Gasteiger partial charge in [-0.3, -0.25) is 14.9 Å². The molecule has 29 heavy (non-hydrogen) atoms. The van der Waals surface area contributed by atoms with Crippen LogP contribution in [0.1, 0.15) is 66.1 Å². The summed E-state index contributed by atoms with van der Waals surface area (Å²) in [5.41, 5.74) is 2.14. The first-order valence-electron chi connectivity index (χ1n) is 9.90. The summed E-state index contributed by atoms with van der Waals surface area (Å²) in [4.78, 5) is 25.1. The maximum atomic E-state index is 12.9. The van der Waals surface area contributed by atoms with Crippen molar-refractivity contribution in [2.75, 3.05) is 5.32 Å². The Morgan fingerprint density at radius 1 is 1.34 bits per heavy atom. The fourth-order valence-electron chi connectivity index (χ4n) is 4.35. The Hall–Kier alpha value is -2.61. The summed E-state index contributed by atoms with van der Waals surface area (Å²) in [6.45, 7) is 6.83. The van der Waals surface area contributed by atoms with Gasteiger partial charge in [-0.2, -0.15) is 0 Å². The lowest BCUT2D eigenvalue weighted by Crippen LogP contribution is -2.38. The zero-order chi connectivity index (χ0) is 20.9. The molecule has 1 aliphatic carbocycles. The van der Waals surface area contributed by atoms with Gasteiger partial charge in [0.05, 0.1) is 16.1 Å². The van der Waals surface area contributed by atoms with Crippen molar-refractivity contribution in [2.24, 2.45) is 11.3 Å². The van der Waals surface area contributed by atoms with Crippen molar-refractivity contribution < 1.29 is 14.8 Å². The third-order valence-corrected chi connectivity index (χ3v) is 7.76. The number of rotatable bonds is 4. The topological polar surface area (TPSA) is 104 Å². The molecule has 2 atom stereocenters. The molecule has 0 unspecified atom stereocenters. The normalized spacial score (nSPS) is 21.0. The van der Waals surface area contributed by atoms with E-state index in [9.17, 15) is 20.0 Å². The molecule has 2 aromatic rings. The summed E-state index contributed by atoms with van der Waals surface area (Å²) in [5.74, 6) is 0.278. The van der Waals surface area contributed by atoms with Gasteiger partial charge in [-0.05, 0) is 48.3 Å². The van der Waals surface area contributed by atoms with Crippen LogP contribution < -0.4 is 10.6 Å². The summed E-state index contributed by atoms with van der Waals surface area (Å²) in [5, 5.41) is 28.1. The number of nitro groups is 1. The van der Waals surface area contributed by atoms with Crippen molar-refractivity contribution >= 4 is 27.9 Å². The highest BCUT2D eigenvalue weighted by Gasteiger charge is 2.38. The summed E-state index contributed by atoms with van der Waals surface area (Å²) < 4.78 is 0. The van der Waals surface area contributed by atoms with Gasteiger partial charge in [-0.15, -0.1) is 11.3 Å². The van der Waals surface area contributed by atoms with Gasteiger partial charge in [0.15, 0.2) is 0 Å². The van der Waals surface area contributed by atoms with Crippen LogP contribution in [0.25, 0.3) is 0 Å². The molecule has 1 amide bonds. The Morgan fingerprint density at radius 3 is 2.79 bits per heavy atom. The molecule has 0 bridgehead atoms. The van der Waals surface area contributed by atoms with Gasteiger partial charge in [-0.25, -0.2) is 0 Å². The van der Waals surface area contributed by atoms with Crippen molar-refractivity contribution in [3.8, 4) is 5.75 Å². The molecule has 0 saturated carbocycles. The minimum atomic E-state index is -0.759. The lowest BCUT2D eigenvalue weighted by Gasteiger charge is -2.36. The van der Waals surface area contributed by atoms with Crippen LogP contribution in [0.2, 0.25) is 0 Å². The van der Waals surface area contributed by atoms with Crippen LogP contribution in [0.5, 0.6) is 5.75 Å². The fraction of sp³-hybridized carbons (Fsp3) is 0.476. The molecule has 3 N–H and O–H groups in total. The third kappa shape index (κ3) is 3.35. The molecule has 0 radical (unpaired) electrons. The summed E-state index contributed by atoms with van der Waals surface area (Å²) in [6.07, 6.45) is 3.25. The van der Waals surface area contributed by atoms with Crippen LogP contribution >= 0.6 is 11.3 Å². The Labute approximate surface area is 173 Å². The number of nitrogens with zero attached hydrogens (tertiary/aromatic N) is 1. The van der Waals surface area contributed by atoms with E-state index in [1.165, 1.54) is 23.1 Å². The first kappa shape index (κ1) is 19.7. The van der Waals surface area contributed by atoms with Crippen molar-refractivity contribution in [1.29, 1.82) is 0 Å². The molecule has 154 valence electrons. The number of nitro benzene ring substituents is 1. The van der Waals surface area contributed by atoms with Gasteiger partial charge in [0.2, 0.25) is 0 Å². The fourth-order valence-corrected chi connectivity index (χ4v) is 5.70. The molecule has 1 aliphatic heterocycles. The van der Waals surface area contributed by atoms with Crippen molar-refractivity contribution in [3.05, 3.63) is 49.9 Å². The average Bonchev–Trinajstić information content (AvgIpc) is 3.05. The maximum absolute atomic E-state index is 12.9. The number of hydrogen-bond donors (Lipinski definition) is 3. The number of nitrogens with one attached hydrogen (secondary N) is 2. The van der Waals surface area contributed by atoms with Crippen LogP contribution in [0.15, 0.2) is 18.2 Å². The molecule has 4 rings (SSSR count). The third-order valence-electron chi connectivity index (χ3n) is 6.58. The predicted molar refractivity (Wildman–Crippen MR) is 112 cm³/mol. The van der Waals surface area contributed by atoms with Gasteiger partial charge in [0, 0.05) is 10.9 Å². The van der Waals surface area contributed by atoms with Gasteiger partial charge < -0.3 is 15.7 Å². The number of phenols is 1. The second-order valence-electron chi connectivity index (χ2n) is 8.54. The second-order valence-corrected chi connectivity index (χ2v) is 9.65. The number of aromatic hydroxyl groups is 1. The zero-order valence-electron chi connectivity index (χ0n) is 16.7. The Bertz CT molecular complexity index is 998. The van der Waals surface area contributed by atoms with E-state index in [-0.39, 0.29) is 28.3 Å². The van der Waals surface area contributed by atoms with E-state index in [2.05, 4.69) is 31.4 Å². The van der Waals surface area contributed by atoms with E-state index in [0.717, 1.165) is 36.2 Å². The molecule has 0 spiro atoms. The quantitative estimate of drug-likeness (QED) is 0.493. The van der Waals surface area contributed by atoms with E-state index in [0.29, 0.717) is 11.5 Å². The molecular weight excluding hydrogens is 390 g/mol. The van der Waals surface area contributed by atoms with Crippen molar-refractivity contribution in [2.45, 2.75) is 52.6 Å². The molecule has 1 aromatic heterocycles. The molecule has 1 aromatic carbocycles. The molecule has 7 nitrogen and oxygen atoms in total. The predicted octanol–water partition coefficient (Wildman–Crippen LogP) is 4.76. The molecular formula is C21H25N3O4S. The van der Waals surface area contributed by atoms with Crippen LogP contribution in [-0.4, -0.2) is 15.9 Å². The monoisotopic (exact) mass is 415 g/mol. The minimum absolute atomic E-state index is 0.0810. The highest BCUT2D eigenvalue weighted by molar-refractivity contribution is 7.16. The standard InChI is InChI=1S/C21H25N3O4S/c1-4-21(2,3)11-5-7-13-16(9-11)29-20-17(13)19(26)22-18(23-20)14-10-12(25)6-8-15(14)24(27)28/h6,8,10-11,18,23,25H,4-5,7,9H2,1-3H3,(H,22,26)/t11-,18-/m0/s1. The second kappa shape index (κ2) is 7.02. The zero-order valence-corrected chi connectivity index (χ0v) is 17.6. The van der Waals surface area contributed by atoms with Gasteiger partial charge in [0.25, 0.3) is 11.6 Å². The van der Waals surface area contributed by atoms with E-state index >= 15 is 0 Å². The molecule has 2 heterocycles. The van der Waals surface area contributed by atoms with Crippen LogP contribution in [0.3, 0.4) is 0 Å². The first-order chi connectivity index (χ1) is 13.7. The van der Waals surface area contributed by atoms with E-state index in [1.807, 2.05) is 0 Å². The number of fused-ring (bicyclic) bond motifs is 3. The summed E-state index contributed by atoms with van der Waals surface area (Å²) >= 11 is 1.58. The number of benzene rings is 1. The van der Waals surface area contributed by atoms with Crippen molar-refractivity contribution in [3.63, 3.8) is 0 Å². The SMILES string of the molecule is CCC(C)(C)[C@H]1CCc2c(sc3c2C(=O)N[C@H](c2cc(O)ccc2[N+](=O)[O-])N3)C1. The Morgan fingerprint density at radius 2 is 2.10 bits per heavy atom. The largest absolute Gasteiger partial charge is 0.508 e. The van der Waals surface area contributed by atoms with Gasteiger partial charge in [0.1, 0.15) is 16.9 Å². The average molecular weight is 416 g/mol. The molecule has 2 aliphatic rings. The summed E-state index contributed by atoms with van der Waals surface area (Å²) in [6, 6.07) is 3.86. The highest BCUT2D eigenvalue weighted by atomic mass is 32.1. The van der Waals surface area contributed by atoms with Gasteiger partial charge in [-0.1, -0.05) is 27.2 Å².